The second-order valence-corrected chi connectivity index (χ2v) is 5.21. The van der Waals surface area contributed by atoms with Crippen molar-refractivity contribution < 1.29 is 18.3 Å². The topological polar surface area (TPSA) is 41.6 Å². The second kappa shape index (κ2) is 5.85. The minimum atomic E-state index is -0.962. The van der Waals surface area contributed by atoms with Gasteiger partial charge in [0.25, 0.3) is 5.91 Å². The highest BCUT2D eigenvalue weighted by molar-refractivity contribution is 5.85. The lowest BCUT2D eigenvalue weighted by atomic mass is 10.0. The first kappa shape index (κ1) is 14.9. The average Bonchev–Trinajstić information content (AvgIpc) is 2.40. The summed E-state index contributed by atoms with van der Waals surface area (Å²) >= 11 is 0. The van der Waals surface area contributed by atoms with E-state index in [0.717, 1.165) is 12.6 Å². The number of hydrogen-bond donors (Lipinski definition) is 1. The highest BCUT2D eigenvalue weighted by atomic mass is 19.2. The molecule has 1 aliphatic rings. The molecule has 1 aromatic rings. The van der Waals surface area contributed by atoms with Crippen molar-refractivity contribution in [3.05, 3.63) is 35.4 Å². The summed E-state index contributed by atoms with van der Waals surface area (Å²) in [5.74, 6) is -2.18. The number of morpholine rings is 1. The molecule has 0 unspecified atom stereocenters. The van der Waals surface area contributed by atoms with Crippen molar-refractivity contribution in [3.8, 4) is 0 Å². The molecule has 110 valence electrons. The van der Waals surface area contributed by atoms with E-state index >= 15 is 0 Å². The van der Waals surface area contributed by atoms with Crippen LogP contribution in [0.25, 0.3) is 0 Å². The number of halogens is 2. The van der Waals surface area contributed by atoms with Gasteiger partial charge in [0.15, 0.2) is 17.2 Å². The van der Waals surface area contributed by atoms with Gasteiger partial charge in [-0.3, -0.25) is 4.79 Å². The number of benzene rings is 1. The molecule has 1 amide bonds. The molecular weight excluding hydrogens is 266 g/mol. The van der Waals surface area contributed by atoms with E-state index in [0.29, 0.717) is 13.2 Å². The maximum absolute atomic E-state index is 13.5. The number of nitrogens with one attached hydrogen (secondary N) is 1. The van der Waals surface area contributed by atoms with Gasteiger partial charge < -0.3 is 15.0 Å². The van der Waals surface area contributed by atoms with Crippen LogP contribution in [0, 0.1) is 11.6 Å². The fraction of sp³-hybridized carbons (Fsp3) is 0.500. The predicted molar refractivity (Wildman–Crippen MR) is 70.1 cm³/mol. The molecule has 0 saturated carbocycles. The molecule has 1 fully saturated rings. The van der Waals surface area contributed by atoms with Crippen LogP contribution in [-0.4, -0.2) is 43.2 Å². The first-order valence-electron chi connectivity index (χ1n) is 6.46. The van der Waals surface area contributed by atoms with E-state index in [-0.39, 0.29) is 18.0 Å². The van der Waals surface area contributed by atoms with E-state index in [9.17, 15) is 13.6 Å². The molecule has 20 heavy (non-hydrogen) atoms. The number of ether oxygens (including phenoxy) is 1. The van der Waals surface area contributed by atoms with E-state index in [2.05, 4.69) is 5.32 Å². The molecular formula is C14H18F2N2O2. The Kier molecular flexibility index (Phi) is 4.35. The Morgan fingerprint density at radius 3 is 2.95 bits per heavy atom. The minimum absolute atomic E-state index is 0.0644. The zero-order valence-electron chi connectivity index (χ0n) is 11.6. The SMILES string of the molecule is CN1CCO[C@@](C)(C(=O)NCc2cccc(F)c2F)C1. The zero-order valence-corrected chi connectivity index (χ0v) is 11.6. The van der Waals surface area contributed by atoms with Crippen LogP contribution in [0.5, 0.6) is 0 Å². The summed E-state index contributed by atoms with van der Waals surface area (Å²) in [6.07, 6.45) is 0. The molecule has 1 aliphatic heterocycles. The molecule has 0 spiro atoms. The van der Waals surface area contributed by atoms with Gasteiger partial charge in [0.05, 0.1) is 6.61 Å². The lowest BCUT2D eigenvalue weighted by Gasteiger charge is -2.37. The van der Waals surface area contributed by atoms with Gasteiger partial charge in [-0.05, 0) is 20.0 Å². The molecule has 1 heterocycles. The predicted octanol–water partition coefficient (Wildman–Crippen LogP) is 1.30. The Labute approximate surface area is 116 Å². The Bertz CT molecular complexity index is 510. The lowest BCUT2D eigenvalue weighted by Crippen LogP contribution is -2.57. The fourth-order valence-electron chi connectivity index (χ4n) is 2.25. The Morgan fingerprint density at radius 2 is 2.25 bits per heavy atom. The van der Waals surface area contributed by atoms with Crippen molar-refractivity contribution in [2.24, 2.45) is 0 Å². The molecule has 1 N–H and O–H groups in total. The van der Waals surface area contributed by atoms with Gasteiger partial charge in [-0.15, -0.1) is 0 Å². The molecule has 1 aromatic carbocycles. The zero-order chi connectivity index (χ0) is 14.8. The molecule has 4 nitrogen and oxygen atoms in total. The average molecular weight is 284 g/mol. The third-order valence-corrected chi connectivity index (χ3v) is 3.42. The van der Waals surface area contributed by atoms with Gasteiger partial charge in [-0.25, -0.2) is 8.78 Å². The van der Waals surface area contributed by atoms with Crippen LogP contribution in [-0.2, 0) is 16.1 Å². The third-order valence-electron chi connectivity index (χ3n) is 3.42. The number of likely N-dealkylation sites (N-methyl/N-ethyl adjacent to an activating group) is 1. The minimum Gasteiger partial charge on any atom is -0.363 e. The molecule has 0 bridgehead atoms. The molecule has 0 radical (unpaired) electrons. The highest BCUT2D eigenvalue weighted by Crippen LogP contribution is 2.17. The second-order valence-electron chi connectivity index (χ2n) is 5.21. The smallest absolute Gasteiger partial charge is 0.253 e. The first-order chi connectivity index (χ1) is 9.42. The number of carbonyl (C=O) groups is 1. The number of rotatable bonds is 3. The van der Waals surface area contributed by atoms with Crippen LogP contribution < -0.4 is 5.32 Å². The summed E-state index contributed by atoms with van der Waals surface area (Å²) in [6, 6.07) is 3.89. The summed E-state index contributed by atoms with van der Waals surface area (Å²) in [5.41, 5.74) is -0.845. The van der Waals surface area contributed by atoms with Gasteiger partial charge in [0, 0.05) is 25.2 Å². The molecule has 1 atom stereocenters. The van der Waals surface area contributed by atoms with Crippen molar-refractivity contribution in [1.29, 1.82) is 0 Å². The van der Waals surface area contributed by atoms with Crippen LogP contribution in [0.4, 0.5) is 8.78 Å². The maximum atomic E-state index is 13.5. The van der Waals surface area contributed by atoms with Crippen LogP contribution in [0.3, 0.4) is 0 Å². The Balaban J connectivity index is 2.00. The summed E-state index contributed by atoms with van der Waals surface area (Å²) in [4.78, 5) is 14.1. The van der Waals surface area contributed by atoms with E-state index in [1.54, 1.807) is 6.92 Å². The van der Waals surface area contributed by atoms with E-state index in [1.807, 2.05) is 11.9 Å². The third kappa shape index (κ3) is 3.13. The molecule has 2 rings (SSSR count). The van der Waals surface area contributed by atoms with Gasteiger partial charge >= 0.3 is 0 Å². The van der Waals surface area contributed by atoms with Gasteiger partial charge in [-0.1, -0.05) is 12.1 Å². The molecule has 6 heteroatoms. The van der Waals surface area contributed by atoms with Crippen molar-refractivity contribution >= 4 is 5.91 Å². The lowest BCUT2D eigenvalue weighted by molar-refractivity contribution is -0.155. The molecule has 0 aliphatic carbocycles. The largest absolute Gasteiger partial charge is 0.363 e. The Morgan fingerprint density at radius 1 is 1.50 bits per heavy atom. The van der Waals surface area contributed by atoms with E-state index in [4.69, 9.17) is 4.74 Å². The maximum Gasteiger partial charge on any atom is 0.253 e. The van der Waals surface area contributed by atoms with Gasteiger partial charge in [-0.2, -0.15) is 0 Å². The van der Waals surface area contributed by atoms with Crippen LogP contribution >= 0.6 is 0 Å². The van der Waals surface area contributed by atoms with E-state index in [1.165, 1.54) is 12.1 Å². The number of nitrogens with zero attached hydrogens (tertiary/aromatic N) is 1. The summed E-state index contributed by atoms with van der Waals surface area (Å²) in [5, 5.41) is 2.60. The molecule has 0 aromatic heterocycles. The number of hydrogen-bond acceptors (Lipinski definition) is 3. The van der Waals surface area contributed by atoms with Crippen molar-refractivity contribution in [1.82, 2.24) is 10.2 Å². The standard InChI is InChI=1S/C14H18F2N2O2/c1-14(9-18(2)6-7-20-14)13(19)17-8-10-4-3-5-11(15)12(10)16/h3-5H,6-9H2,1-2H3,(H,17,19)/t14-/m1/s1. The van der Waals surface area contributed by atoms with Crippen molar-refractivity contribution in [2.75, 3.05) is 26.7 Å². The van der Waals surface area contributed by atoms with Crippen LogP contribution in [0.1, 0.15) is 12.5 Å². The Hall–Kier alpha value is -1.53. The van der Waals surface area contributed by atoms with Crippen LogP contribution in [0.2, 0.25) is 0 Å². The normalized spacial score (nSPS) is 23.6. The summed E-state index contributed by atoms with van der Waals surface area (Å²) in [6.45, 7) is 3.33. The van der Waals surface area contributed by atoms with Gasteiger partial charge in [0.2, 0.25) is 0 Å². The quantitative estimate of drug-likeness (QED) is 0.909. The van der Waals surface area contributed by atoms with Crippen molar-refractivity contribution in [2.45, 2.75) is 19.1 Å². The van der Waals surface area contributed by atoms with Crippen LogP contribution in [0.15, 0.2) is 18.2 Å². The fourth-order valence-corrected chi connectivity index (χ4v) is 2.25. The van der Waals surface area contributed by atoms with Gasteiger partial charge in [0.1, 0.15) is 0 Å². The highest BCUT2D eigenvalue weighted by Gasteiger charge is 2.38. The summed E-state index contributed by atoms with van der Waals surface area (Å²) in [7, 11) is 1.90. The first-order valence-corrected chi connectivity index (χ1v) is 6.46. The number of carbonyl (C=O) groups excluding carboxylic acids is 1. The molecule has 1 saturated heterocycles. The monoisotopic (exact) mass is 284 g/mol. The van der Waals surface area contributed by atoms with Crippen molar-refractivity contribution in [3.63, 3.8) is 0 Å². The number of amides is 1. The summed E-state index contributed by atoms with van der Waals surface area (Å²) < 4.78 is 32.1. The van der Waals surface area contributed by atoms with E-state index < -0.39 is 17.2 Å².